The van der Waals surface area contributed by atoms with Crippen LogP contribution in [0.15, 0.2) is 46.8 Å². The number of hydrogen-bond donors (Lipinski definition) is 2. The van der Waals surface area contributed by atoms with Crippen molar-refractivity contribution < 1.29 is 18.3 Å². The molecule has 6 nitrogen and oxygen atoms in total. The van der Waals surface area contributed by atoms with Gasteiger partial charge in [-0.25, -0.2) is 8.78 Å². The Kier molecular flexibility index (Phi) is 8.85. The number of morpholine rings is 1. The summed E-state index contributed by atoms with van der Waals surface area (Å²) in [6, 6.07) is 11.6. The Balaban J connectivity index is 1.54. The van der Waals surface area contributed by atoms with Crippen LogP contribution in [0.25, 0.3) is 0 Å². The molecule has 0 amide bonds. The lowest BCUT2D eigenvalue weighted by Gasteiger charge is -2.34. The van der Waals surface area contributed by atoms with Gasteiger partial charge in [-0.3, -0.25) is 9.89 Å². The first-order valence-corrected chi connectivity index (χ1v) is 10.8. The summed E-state index contributed by atoms with van der Waals surface area (Å²) >= 11 is 1.75. The van der Waals surface area contributed by atoms with Gasteiger partial charge in [0.1, 0.15) is 12.4 Å². The molecule has 0 spiro atoms. The van der Waals surface area contributed by atoms with Crippen molar-refractivity contribution in [2.45, 2.75) is 19.0 Å². The average molecular weight is 439 g/mol. The van der Waals surface area contributed by atoms with E-state index in [4.69, 9.17) is 9.47 Å². The highest BCUT2D eigenvalue weighted by molar-refractivity contribution is 7.10. The second kappa shape index (κ2) is 11.8. The van der Waals surface area contributed by atoms with E-state index in [2.05, 4.69) is 38.0 Å². The van der Waals surface area contributed by atoms with Gasteiger partial charge in [-0.1, -0.05) is 18.2 Å². The van der Waals surface area contributed by atoms with Gasteiger partial charge in [0.15, 0.2) is 5.96 Å². The van der Waals surface area contributed by atoms with E-state index in [0.29, 0.717) is 18.3 Å². The average Bonchev–Trinajstić information content (AvgIpc) is 3.30. The third kappa shape index (κ3) is 6.93. The van der Waals surface area contributed by atoms with Gasteiger partial charge < -0.3 is 20.1 Å². The molecule has 1 aliphatic rings. The van der Waals surface area contributed by atoms with Gasteiger partial charge in [0, 0.05) is 38.1 Å². The standard InChI is InChI=1S/C21H28F2N4O2S/c1-24-21(25-13-16-4-2-5-17(12-16)29-15-20(22)23)26-14-18(19-6-3-11-30-19)27-7-9-28-10-8-27/h2-6,11-12,18,20H,7-10,13-15H2,1H3,(H2,24,25,26). The third-order valence-corrected chi connectivity index (χ3v) is 5.75. The van der Waals surface area contributed by atoms with Crippen molar-refractivity contribution in [3.8, 4) is 5.75 Å². The Morgan fingerprint density at radius 2 is 2.07 bits per heavy atom. The monoisotopic (exact) mass is 438 g/mol. The summed E-state index contributed by atoms with van der Waals surface area (Å²) in [6.07, 6.45) is -2.49. The molecule has 0 bridgehead atoms. The highest BCUT2D eigenvalue weighted by Crippen LogP contribution is 2.25. The number of nitrogens with zero attached hydrogens (tertiary/aromatic N) is 2. The number of alkyl halides is 2. The fourth-order valence-electron chi connectivity index (χ4n) is 3.28. The molecule has 0 saturated carbocycles. The fourth-order valence-corrected chi connectivity index (χ4v) is 4.14. The van der Waals surface area contributed by atoms with Crippen molar-refractivity contribution in [3.63, 3.8) is 0 Å². The minimum atomic E-state index is -2.49. The van der Waals surface area contributed by atoms with Gasteiger partial charge in [-0.2, -0.15) is 0 Å². The smallest absolute Gasteiger partial charge is 0.272 e. The topological polar surface area (TPSA) is 58.1 Å². The first-order chi connectivity index (χ1) is 14.7. The molecule has 0 aliphatic carbocycles. The van der Waals surface area contributed by atoms with E-state index < -0.39 is 13.0 Å². The predicted octanol–water partition coefficient (Wildman–Crippen LogP) is 3.13. The molecular formula is C21H28F2N4O2S. The molecule has 1 aromatic carbocycles. The molecule has 1 atom stereocenters. The number of halogens is 2. The van der Waals surface area contributed by atoms with E-state index in [1.54, 1.807) is 36.6 Å². The van der Waals surface area contributed by atoms with Gasteiger partial charge in [-0.15, -0.1) is 11.3 Å². The van der Waals surface area contributed by atoms with Crippen LogP contribution in [-0.4, -0.2) is 63.8 Å². The van der Waals surface area contributed by atoms with Gasteiger partial charge in [0.2, 0.25) is 0 Å². The van der Waals surface area contributed by atoms with Gasteiger partial charge in [0.25, 0.3) is 6.43 Å². The summed E-state index contributed by atoms with van der Waals surface area (Å²) in [4.78, 5) is 8.05. The van der Waals surface area contributed by atoms with E-state index in [1.807, 2.05) is 6.07 Å². The van der Waals surface area contributed by atoms with Crippen LogP contribution in [0.3, 0.4) is 0 Å². The van der Waals surface area contributed by atoms with E-state index in [0.717, 1.165) is 38.4 Å². The zero-order valence-corrected chi connectivity index (χ0v) is 17.8. The fraction of sp³-hybridized carbons (Fsp3) is 0.476. The van der Waals surface area contributed by atoms with Crippen molar-refractivity contribution >= 4 is 17.3 Å². The normalized spacial score (nSPS) is 16.5. The van der Waals surface area contributed by atoms with Crippen LogP contribution in [0.4, 0.5) is 8.78 Å². The first kappa shape index (κ1) is 22.5. The molecule has 30 heavy (non-hydrogen) atoms. The number of rotatable bonds is 9. The molecule has 2 aromatic rings. The summed E-state index contributed by atoms with van der Waals surface area (Å²) < 4.78 is 35.3. The summed E-state index contributed by atoms with van der Waals surface area (Å²) in [5.41, 5.74) is 0.924. The van der Waals surface area contributed by atoms with Gasteiger partial charge >= 0.3 is 0 Å². The second-order valence-corrected chi connectivity index (χ2v) is 7.81. The Morgan fingerprint density at radius 1 is 1.23 bits per heavy atom. The molecule has 1 aromatic heterocycles. The maximum Gasteiger partial charge on any atom is 0.272 e. The quantitative estimate of drug-likeness (QED) is 0.465. The second-order valence-electron chi connectivity index (χ2n) is 6.84. The number of nitrogens with one attached hydrogen (secondary N) is 2. The molecular weight excluding hydrogens is 410 g/mol. The van der Waals surface area contributed by atoms with Crippen LogP contribution in [0, 0.1) is 0 Å². The van der Waals surface area contributed by atoms with Crippen LogP contribution < -0.4 is 15.4 Å². The lowest BCUT2D eigenvalue weighted by molar-refractivity contribution is 0.0177. The molecule has 1 fully saturated rings. The molecule has 9 heteroatoms. The maximum absolute atomic E-state index is 12.3. The summed E-state index contributed by atoms with van der Waals surface area (Å²) in [6.45, 7) is 3.93. The SMILES string of the molecule is CN=C(NCc1cccc(OCC(F)F)c1)NCC(c1cccs1)N1CCOCC1. The predicted molar refractivity (Wildman–Crippen MR) is 116 cm³/mol. The Labute approximate surface area is 179 Å². The Hall–Kier alpha value is -2.23. The minimum absolute atomic E-state index is 0.249. The van der Waals surface area contributed by atoms with E-state index in [9.17, 15) is 8.78 Å². The van der Waals surface area contributed by atoms with Crippen molar-refractivity contribution in [1.29, 1.82) is 0 Å². The van der Waals surface area contributed by atoms with Crippen molar-refractivity contribution in [1.82, 2.24) is 15.5 Å². The third-order valence-electron chi connectivity index (χ3n) is 4.78. The number of hydrogen-bond acceptors (Lipinski definition) is 5. The van der Waals surface area contributed by atoms with Crippen molar-refractivity contribution in [2.75, 3.05) is 46.5 Å². The van der Waals surface area contributed by atoms with Crippen LogP contribution in [0.2, 0.25) is 0 Å². The van der Waals surface area contributed by atoms with Crippen LogP contribution in [-0.2, 0) is 11.3 Å². The minimum Gasteiger partial charge on any atom is -0.488 e. The number of guanidine groups is 1. The zero-order valence-electron chi connectivity index (χ0n) is 17.0. The van der Waals surface area contributed by atoms with Gasteiger partial charge in [-0.05, 0) is 29.1 Å². The van der Waals surface area contributed by atoms with Crippen molar-refractivity contribution in [2.24, 2.45) is 4.99 Å². The molecule has 0 radical (unpaired) electrons. The van der Waals surface area contributed by atoms with E-state index >= 15 is 0 Å². The highest BCUT2D eigenvalue weighted by Gasteiger charge is 2.23. The molecule has 2 heterocycles. The van der Waals surface area contributed by atoms with E-state index in [-0.39, 0.29) is 6.04 Å². The van der Waals surface area contributed by atoms with Crippen LogP contribution in [0.5, 0.6) is 5.75 Å². The van der Waals surface area contributed by atoms with Crippen LogP contribution >= 0.6 is 11.3 Å². The Morgan fingerprint density at radius 3 is 2.77 bits per heavy atom. The Bertz CT molecular complexity index is 783. The number of aliphatic imine (C=N–C) groups is 1. The first-order valence-electron chi connectivity index (χ1n) is 9.95. The highest BCUT2D eigenvalue weighted by atomic mass is 32.1. The molecule has 1 unspecified atom stereocenters. The summed E-state index contributed by atoms with van der Waals surface area (Å²) in [5.74, 6) is 1.12. The maximum atomic E-state index is 12.3. The van der Waals surface area contributed by atoms with E-state index in [1.165, 1.54) is 4.88 Å². The largest absolute Gasteiger partial charge is 0.488 e. The van der Waals surface area contributed by atoms with Crippen LogP contribution in [0.1, 0.15) is 16.5 Å². The molecule has 164 valence electrons. The van der Waals surface area contributed by atoms with Crippen molar-refractivity contribution in [3.05, 3.63) is 52.2 Å². The molecule has 1 saturated heterocycles. The lowest BCUT2D eigenvalue weighted by Crippen LogP contribution is -2.46. The van der Waals surface area contributed by atoms with Gasteiger partial charge in [0.05, 0.1) is 19.3 Å². The molecule has 2 N–H and O–H groups in total. The lowest BCUT2D eigenvalue weighted by atomic mass is 10.2. The molecule has 3 rings (SSSR count). The number of benzene rings is 1. The number of ether oxygens (including phenoxy) is 2. The molecule has 1 aliphatic heterocycles. The number of thiophene rings is 1. The summed E-state index contributed by atoms with van der Waals surface area (Å²) in [5, 5.41) is 8.79. The summed E-state index contributed by atoms with van der Waals surface area (Å²) in [7, 11) is 1.73. The zero-order chi connectivity index (χ0) is 21.2.